The molecule has 1 heterocycles. The van der Waals surface area contributed by atoms with E-state index in [-0.39, 0.29) is 5.97 Å². The molecule has 0 aromatic heterocycles. The summed E-state index contributed by atoms with van der Waals surface area (Å²) in [5.74, 6) is -0.327. The van der Waals surface area contributed by atoms with Crippen LogP contribution in [0.4, 0.5) is 0 Å². The number of carbonyl (C=O) groups is 1. The Hall–Kier alpha value is -0.910. The topological polar surface area (TPSA) is 57.3 Å². The van der Waals surface area contributed by atoms with E-state index in [0.29, 0.717) is 44.7 Å². The maximum Gasteiger partial charge on any atom is 0.333 e. The van der Waals surface area contributed by atoms with Crippen molar-refractivity contribution in [1.82, 2.24) is 0 Å². The predicted molar refractivity (Wildman–Crippen MR) is 66.4 cm³/mol. The number of hydrogen-bond acceptors (Lipinski definition) is 5. The van der Waals surface area contributed by atoms with Crippen molar-refractivity contribution in [2.45, 2.75) is 25.9 Å². The van der Waals surface area contributed by atoms with Crippen LogP contribution in [0, 0.1) is 0 Å². The van der Waals surface area contributed by atoms with E-state index in [1.807, 2.05) is 0 Å². The summed E-state index contributed by atoms with van der Waals surface area (Å²) in [5.41, 5.74) is 0.433. The Morgan fingerprint density at radius 1 is 1.22 bits per heavy atom. The first-order chi connectivity index (χ1) is 8.70. The van der Waals surface area contributed by atoms with Crippen molar-refractivity contribution < 1.29 is 23.7 Å². The van der Waals surface area contributed by atoms with Crippen molar-refractivity contribution in [3.63, 3.8) is 0 Å². The number of epoxide rings is 1. The van der Waals surface area contributed by atoms with Crippen molar-refractivity contribution in [2.24, 2.45) is 0 Å². The van der Waals surface area contributed by atoms with Crippen molar-refractivity contribution in [1.29, 1.82) is 0 Å². The van der Waals surface area contributed by atoms with Gasteiger partial charge in [0, 0.05) is 12.2 Å². The van der Waals surface area contributed by atoms with Crippen LogP contribution in [0.3, 0.4) is 0 Å². The molecular weight excluding hydrogens is 236 g/mol. The molecule has 1 saturated heterocycles. The zero-order valence-corrected chi connectivity index (χ0v) is 11.0. The van der Waals surface area contributed by atoms with Gasteiger partial charge in [0.05, 0.1) is 33.0 Å². The van der Waals surface area contributed by atoms with Gasteiger partial charge in [0.25, 0.3) is 0 Å². The smallest absolute Gasteiger partial charge is 0.333 e. The van der Waals surface area contributed by atoms with Crippen LogP contribution < -0.4 is 0 Å². The molecule has 18 heavy (non-hydrogen) atoms. The summed E-state index contributed by atoms with van der Waals surface area (Å²) in [6.45, 7) is 8.91. The fraction of sp³-hybridized carbons (Fsp3) is 0.769. The van der Waals surface area contributed by atoms with Crippen molar-refractivity contribution in [3.8, 4) is 0 Å². The van der Waals surface area contributed by atoms with Crippen LogP contribution in [0.25, 0.3) is 0 Å². The molecule has 0 aromatic rings. The largest absolute Gasteiger partial charge is 0.462 e. The molecular formula is C13H22O5. The maximum absolute atomic E-state index is 11.0. The lowest BCUT2D eigenvalue weighted by molar-refractivity contribution is -0.139. The van der Waals surface area contributed by atoms with E-state index in [1.54, 1.807) is 6.92 Å². The second-order valence-corrected chi connectivity index (χ2v) is 4.27. The Morgan fingerprint density at radius 3 is 2.56 bits per heavy atom. The van der Waals surface area contributed by atoms with Crippen LogP contribution in [0.2, 0.25) is 0 Å². The summed E-state index contributed by atoms with van der Waals surface area (Å²) in [7, 11) is 0. The van der Waals surface area contributed by atoms with Gasteiger partial charge in [-0.05, 0) is 19.8 Å². The molecule has 1 aliphatic heterocycles. The monoisotopic (exact) mass is 258 g/mol. The first-order valence-electron chi connectivity index (χ1n) is 6.30. The highest BCUT2D eigenvalue weighted by Gasteiger charge is 2.21. The number of hydrogen-bond donors (Lipinski definition) is 0. The normalized spacial score (nSPS) is 17.5. The van der Waals surface area contributed by atoms with Gasteiger partial charge in [0.15, 0.2) is 0 Å². The zero-order valence-electron chi connectivity index (χ0n) is 11.0. The van der Waals surface area contributed by atoms with Crippen LogP contribution in [0.1, 0.15) is 19.8 Å². The Bertz CT molecular complexity index is 260. The van der Waals surface area contributed by atoms with Crippen LogP contribution in [0.15, 0.2) is 12.2 Å². The van der Waals surface area contributed by atoms with E-state index in [4.69, 9.17) is 18.9 Å². The highest BCUT2D eigenvalue weighted by atomic mass is 16.6. The van der Waals surface area contributed by atoms with E-state index in [0.717, 1.165) is 19.4 Å². The third-order valence-corrected chi connectivity index (χ3v) is 2.34. The Labute approximate surface area is 108 Å². The molecule has 1 fully saturated rings. The van der Waals surface area contributed by atoms with E-state index >= 15 is 0 Å². The average Bonchev–Trinajstić information content (AvgIpc) is 3.15. The van der Waals surface area contributed by atoms with Gasteiger partial charge in [-0.3, -0.25) is 0 Å². The highest BCUT2D eigenvalue weighted by Crippen LogP contribution is 2.08. The van der Waals surface area contributed by atoms with E-state index < -0.39 is 0 Å². The average molecular weight is 258 g/mol. The molecule has 0 radical (unpaired) electrons. The second kappa shape index (κ2) is 9.08. The van der Waals surface area contributed by atoms with Gasteiger partial charge >= 0.3 is 5.97 Å². The molecule has 0 N–H and O–H groups in total. The second-order valence-electron chi connectivity index (χ2n) is 4.27. The van der Waals surface area contributed by atoms with Gasteiger partial charge in [-0.1, -0.05) is 6.58 Å². The molecule has 1 aliphatic rings. The summed E-state index contributed by atoms with van der Waals surface area (Å²) < 4.78 is 20.6. The molecule has 0 saturated carbocycles. The molecule has 0 aromatic carbocycles. The number of unbranched alkanes of at least 4 members (excludes halogenated alkanes) is 1. The molecule has 1 rings (SSSR count). The minimum absolute atomic E-state index is 0.313. The standard InChI is InChI=1S/C13H22O5/c1-11(2)13(14)17-6-4-3-5-15-7-8-16-9-12-10-18-12/h12H,1,3-10H2,2H3. The van der Waals surface area contributed by atoms with Gasteiger partial charge in [-0.25, -0.2) is 4.79 Å². The number of carbonyl (C=O) groups excluding carboxylic acids is 1. The third kappa shape index (κ3) is 8.22. The van der Waals surface area contributed by atoms with Crippen LogP contribution >= 0.6 is 0 Å². The Kier molecular flexibility index (Phi) is 7.64. The SMILES string of the molecule is C=C(C)C(=O)OCCCCOCCOCC1CO1. The molecule has 0 amide bonds. The third-order valence-electron chi connectivity index (χ3n) is 2.34. The first-order valence-corrected chi connectivity index (χ1v) is 6.30. The summed E-state index contributed by atoms with van der Waals surface area (Å²) in [4.78, 5) is 11.0. The van der Waals surface area contributed by atoms with E-state index in [9.17, 15) is 4.79 Å². The Morgan fingerprint density at radius 2 is 1.89 bits per heavy atom. The highest BCUT2D eigenvalue weighted by molar-refractivity contribution is 5.86. The summed E-state index contributed by atoms with van der Waals surface area (Å²) >= 11 is 0. The number of esters is 1. The van der Waals surface area contributed by atoms with Crippen molar-refractivity contribution >= 4 is 5.97 Å². The number of rotatable bonds is 11. The van der Waals surface area contributed by atoms with Crippen LogP contribution in [-0.2, 0) is 23.7 Å². The van der Waals surface area contributed by atoms with Crippen LogP contribution in [-0.4, -0.2) is 51.7 Å². The molecule has 1 unspecified atom stereocenters. The molecule has 104 valence electrons. The van der Waals surface area contributed by atoms with Gasteiger partial charge < -0.3 is 18.9 Å². The number of ether oxygens (including phenoxy) is 4. The molecule has 0 bridgehead atoms. The van der Waals surface area contributed by atoms with E-state index in [1.165, 1.54) is 0 Å². The fourth-order valence-electron chi connectivity index (χ4n) is 1.19. The van der Waals surface area contributed by atoms with E-state index in [2.05, 4.69) is 6.58 Å². The van der Waals surface area contributed by atoms with Crippen molar-refractivity contribution in [3.05, 3.63) is 12.2 Å². The molecule has 5 heteroatoms. The summed E-state index contributed by atoms with van der Waals surface area (Å²) in [6, 6.07) is 0. The Balaban J connectivity index is 1.72. The lowest BCUT2D eigenvalue weighted by Crippen LogP contribution is -2.10. The summed E-state index contributed by atoms with van der Waals surface area (Å²) in [6.07, 6.45) is 1.98. The minimum Gasteiger partial charge on any atom is -0.462 e. The zero-order chi connectivity index (χ0) is 13.2. The summed E-state index contributed by atoms with van der Waals surface area (Å²) in [5, 5.41) is 0. The quantitative estimate of drug-likeness (QED) is 0.242. The van der Waals surface area contributed by atoms with Gasteiger partial charge in [0.1, 0.15) is 6.10 Å². The molecule has 0 spiro atoms. The van der Waals surface area contributed by atoms with Crippen molar-refractivity contribution in [2.75, 3.05) is 39.6 Å². The van der Waals surface area contributed by atoms with Gasteiger partial charge in [-0.2, -0.15) is 0 Å². The van der Waals surface area contributed by atoms with Gasteiger partial charge in [0.2, 0.25) is 0 Å². The molecule has 0 aliphatic carbocycles. The molecule has 5 nitrogen and oxygen atoms in total. The lowest BCUT2D eigenvalue weighted by atomic mass is 10.3. The predicted octanol–water partition coefficient (Wildman–Crippen LogP) is 1.32. The molecule has 1 atom stereocenters. The lowest BCUT2D eigenvalue weighted by Gasteiger charge is -2.06. The first kappa shape index (κ1) is 15.1. The van der Waals surface area contributed by atoms with Crippen LogP contribution in [0.5, 0.6) is 0 Å². The minimum atomic E-state index is -0.327. The maximum atomic E-state index is 11.0. The van der Waals surface area contributed by atoms with Gasteiger partial charge in [-0.15, -0.1) is 0 Å². The fourth-order valence-corrected chi connectivity index (χ4v) is 1.19.